The molecule has 0 radical (unpaired) electrons. The van der Waals surface area contributed by atoms with Crippen LogP contribution in [-0.2, 0) is 19.1 Å². The van der Waals surface area contributed by atoms with Crippen LogP contribution >= 0.6 is 11.8 Å². The van der Waals surface area contributed by atoms with E-state index >= 15 is 0 Å². The lowest BCUT2D eigenvalue weighted by Gasteiger charge is -2.36. The van der Waals surface area contributed by atoms with Gasteiger partial charge in [-0.1, -0.05) is 30.8 Å². The number of nitrogens with one attached hydrogen (secondary N) is 1. The Morgan fingerprint density at radius 3 is 2.81 bits per heavy atom. The zero-order valence-electron chi connectivity index (χ0n) is 17.8. The highest BCUT2D eigenvalue weighted by Gasteiger charge is 2.41. The number of carbonyl (C=O) groups excluding carboxylic acids is 2. The summed E-state index contributed by atoms with van der Waals surface area (Å²) in [5.74, 6) is -1.07. The van der Waals surface area contributed by atoms with E-state index in [0.29, 0.717) is 53.7 Å². The fourth-order valence-electron chi connectivity index (χ4n) is 3.58. The predicted octanol–water partition coefficient (Wildman–Crippen LogP) is 3.51. The zero-order chi connectivity index (χ0) is 22.4. The Hall–Kier alpha value is -2.65. The van der Waals surface area contributed by atoms with Gasteiger partial charge in [0.05, 0.1) is 30.8 Å². The van der Waals surface area contributed by atoms with Crippen molar-refractivity contribution in [3.63, 3.8) is 0 Å². The van der Waals surface area contributed by atoms with Crippen molar-refractivity contribution in [1.82, 2.24) is 10.2 Å². The quantitative estimate of drug-likeness (QED) is 0.461. The molecule has 0 saturated heterocycles. The Labute approximate surface area is 185 Å². The molecule has 0 unspecified atom stereocenters. The monoisotopic (exact) mass is 447 g/mol. The number of benzene rings is 1. The molecular formula is C22H26FN3O4S. The molecule has 1 aromatic carbocycles. The summed E-state index contributed by atoms with van der Waals surface area (Å²) in [6.45, 7) is 2.98. The molecule has 2 aliphatic heterocycles. The van der Waals surface area contributed by atoms with E-state index in [1.165, 1.54) is 31.0 Å². The second-order valence-corrected chi connectivity index (χ2v) is 7.86. The van der Waals surface area contributed by atoms with Gasteiger partial charge in [-0.15, -0.1) is 0 Å². The van der Waals surface area contributed by atoms with Gasteiger partial charge in [-0.3, -0.25) is 4.79 Å². The van der Waals surface area contributed by atoms with Crippen LogP contribution in [0.1, 0.15) is 37.8 Å². The van der Waals surface area contributed by atoms with Crippen molar-refractivity contribution in [3.05, 3.63) is 58.0 Å². The molecule has 2 aliphatic rings. The first-order valence-corrected chi connectivity index (χ1v) is 10.9. The molecule has 31 heavy (non-hydrogen) atoms. The van der Waals surface area contributed by atoms with E-state index in [0.717, 1.165) is 0 Å². The summed E-state index contributed by atoms with van der Waals surface area (Å²) < 4.78 is 24.1. The summed E-state index contributed by atoms with van der Waals surface area (Å²) >= 11 is 1.39. The fraction of sp³-hybridized carbons (Fsp3) is 0.409. The molecule has 1 aromatic rings. The van der Waals surface area contributed by atoms with Gasteiger partial charge in [0.1, 0.15) is 5.82 Å². The van der Waals surface area contributed by atoms with Crippen LogP contribution in [0.15, 0.2) is 51.6 Å². The minimum absolute atomic E-state index is 0.112. The van der Waals surface area contributed by atoms with E-state index in [9.17, 15) is 14.0 Å². The maximum Gasteiger partial charge on any atom is 0.338 e. The van der Waals surface area contributed by atoms with Crippen LogP contribution in [0.3, 0.4) is 0 Å². The third-order valence-corrected chi connectivity index (χ3v) is 5.87. The Balaban J connectivity index is 1.94. The summed E-state index contributed by atoms with van der Waals surface area (Å²) in [7, 11) is 2.93. The van der Waals surface area contributed by atoms with Crippen molar-refractivity contribution in [2.75, 3.05) is 27.4 Å². The average molecular weight is 448 g/mol. The summed E-state index contributed by atoms with van der Waals surface area (Å²) in [4.78, 5) is 31.7. The van der Waals surface area contributed by atoms with Crippen molar-refractivity contribution in [2.45, 2.75) is 32.2 Å². The summed E-state index contributed by atoms with van der Waals surface area (Å²) in [6.07, 6.45) is 1.34. The van der Waals surface area contributed by atoms with Crippen LogP contribution in [0.25, 0.3) is 0 Å². The van der Waals surface area contributed by atoms with E-state index in [-0.39, 0.29) is 12.3 Å². The Morgan fingerprint density at radius 1 is 1.32 bits per heavy atom. The summed E-state index contributed by atoms with van der Waals surface area (Å²) in [5, 5.41) is 5.38. The number of fused-ring (bicyclic) bond motifs is 1. The highest BCUT2D eigenvalue weighted by Crippen LogP contribution is 2.45. The Kier molecular flexibility index (Phi) is 7.86. The minimum Gasteiger partial charge on any atom is -0.466 e. The van der Waals surface area contributed by atoms with Gasteiger partial charge in [-0.05, 0) is 35.9 Å². The van der Waals surface area contributed by atoms with Gasteiger partial charge >= 0.3 is 5.97 Å². The molecule has 1 atom stereocenters. The fourth-order valence-corrected chi connectivity index (χ4v) is 4.51. The number of allylic oxidation sites excluding steroid dienone is 1. The number of carbonyl (C=O) groups is 2. The predicted molar refractivity (Wildman–Crippen MR) is 118 cm³/mol. The molecule has 0 spiro atoms. The molecule has 3 rings (SSSR count). The second-order valence-electron chi connectivity index (χ2n) is 7.03. The van der Waals surface area contributed by atoms with Crippen LogP contribution < -0.4 is 5.32 Å². The van der Waals surface area contributed by atoms with Crippen LogP contribution in [0.5, 0.6) is 0 Å². The number of methoxy groups -OCH3 is 2. The van der Waals surface area contributed by atoms with E-state index < -0.39 is 17.8 Å². The molecule has 0 aliphatic carbocycles. The number of amidine groups is 1. The highest BCUT2D eigenvalue weighted by atomic mass is 32.2. The smallest absolute Gasteiger partial charge is 0.338 e. The number of halogens is 1. The Bertz CT molecular complexity index is 944. The zero-order valence-corrected chi connectivity index (χ0v) is 18.6. The lowest BCUT2D eigenvalue weighted by atomic mass is 9.93. The van der Waals surface area contributed by atoms with Crippen molar-refractivity contribution >= 4 is 28.8 Å². The standard InChI is InChI=1S/C22H26FN3O4S/c1-4-17-19(21(28)30-3)20(14-7-5-8-15(23)11-14)26-16(13-31-22(26)25-17)12-18(27)24-9-6-10-29-2/h5,7-8,11,13,20H,4,6,9-10,12H2,1-3H3,(H,24,27)/t20-/m0/s1. The van der Waals surface area contributed by atoms with Crippen LogP contribution in [0, 0.1) is 5.82 Å². The van der Waals surface area contributed by atoms with Crippen LogP contribution in [-0.4, -0.2) is 49.3 Å². The first-order chi connectivity index (χ1) is 15.0. The maximum absolute atomic E-state index is 14.1. The molecule has 0 bridgehead atoms. The molecule has 1 amide bonds. The molecule has 166 valence electrons. The van der Waals surface area contributed by atoms with Gasteiger partial charge in [-0.2, -0.15) is 0 Å². The van der Waals surface area contributed by atoms with Gasteiger partial charge in [0.2, 0.25) is 5.91 Å². The van der Waals surface area contributed by atoms with Crippen molar-refractivity contribution in [1.29, 1.82) is 0 Å². The molecule has 7 nitrogen and oxygen atoms in total. The number of hydrogen-bond donors (Lipinski definition) is 1. The Morgan fingerprint density at radius 2 is 2.13 bits per heavy atom. The van der Waals surface area contributed by atoms with Gasteiger partial charge in [-0.25, -0.2) is 14.2 Å². The topological polar surface area (TPSA) is 80.2 Å². The molecule has 0 fully saturated rings. The second kappa shape index (κ2) is 10.6. The number of thioether (sulfide) groups is 1. The highest BCUT2D eigenvalue weighted by molar-refractivity contribution is 8.16. The number of esters is 1. The molecular weight excluding hydrogens is 421 g/mol. The van der Waals surface area contributed by atoms with Crippen molar-refractivity contribution in [3.8, 4) is 0 Å². The summed E-state index contributed by atoms with van der Waals surface area (Å²) in [6, 6.07) is 5.49. The van der Waals surface area contributed by atoms with Crippen LogP contribution in [0.2, 0.25) is 0 Å². The SMILES string of the molecule is CCC1=C(C(=O)OC)[C@H](c2cccc(F)c2)N2C(CC(=O)NCCCOC)=CSC2=N1. The molecule has 9 heteroatoms. The van der Waals surface area contributed by atoms with E-state index in [2.05, 4.69) is 10.3 Å². The number of rotatable bonds is 9. The maximum atomic E-state index is 14.1. The minimum atomic E-state index is -0.631. The largest absolute Gasteiger partial charge is 0.466 e. The lowest BCUT2D eigenvalue weighted by Crippen LogP contribution is -2.38. The van der Waals surface area contributed by atoms with Gasteiger partial charge in [0.15, 0.2) is 5.17 Å². The molecule has 0 saturated carbocycles. The van der Waals surface area contributed by atoms with Crippen LogP contribution in [0.4, 0.5) is 4.39 Å². The van der Waals surface area contributed by atoms with E-state index in [1.807, 2.05) is 17.2 Å². The lowest BCUT2D eigenvalue weighted by molar-refractivity contribution is -0.136. The first-order valence-electron chi connectivity index (χ1n) is 10.1. The summed E-state index contributed by atoms with van der Waals surface area (Å²) in [5.41, 5.74) is 2.23. The number of nitrogens with zero attached hydrogens (tertiary/aromatic N) is 2. The van der Waals surface area contributed by atoms with E-state index in [1.54, 1.807) is 19.2 Å². The molecule has 0 aromatic heterocycles. The number of ether oxygens (including phenoxy) is 2. The number of amides is 1. The van der Waals surface area contributed by atoms with Gasteiger partial charge < -0.3 is 19.7 Å². The van der Waals surface area contributed by atoms with E-state index in [4.69, 9.17) is 9.47 Å². The first kappa shape index (κ1) is 23.0. The molecule has 1 N–H and O–H groups in total. The van der Waals surface area contributed by atoms with Gasteiger partial charge in [0, 0.05) is 26.0 Å². The third-order valence-electron chi connectivity index (χ3n) is 4.98. The third kappa shape index (κ3) is 5.16. The van der Waals surface area contributed by atoms with Crippen molar-refractivity contribution < 1.29 is 23.5 Å². The van der Waals surface area contributed by atoms with Gasteiger partial charge in [0.25, 0.3) is 0 Å². The van der Waals surface area contributed by atoms with Crippen molar-refractivity contribution in [2.24, 2.45) is 4.99 Å². The average Bonchev–Trinajstić information content (AvgIpc) is 3.17. The number of hydrogen-bond acceptors (Lipinski definition) is 7. The number of aliphatic imine (C=N–C) groups is 1. The molecule has 2 heterocycles. The normalized spacial score (nSPS) is 17.8.